The van der Waals surface area contributed by atoms with E-state index in [1.807, 2.05) is 41.3 Å². The lowest BCUT2D eigenvalue weighted by Gasteiger charge is -2.32. The zero-order valence-electron chi connectivity index (χ0n) is 14.9. The van der Waals surface area contributed by atoms with E-state index in [4.69, 9.17) is 9.37 Å². The molecular weight excluding hydrogens is 346 g/mol. The maximum absolute atomic E-state index is 12.5. The summed E-state index contributed by atoms with van der Waals surface area (Å²) in [7, 11) is 0. The topological polar surface area (TPSA) is 93.4 Å². The number of urea groups is 1. The van der Waals surface area contributed by atoms with Gasteiger partial charge in [0, 0.05) is 25.8 Å². The number of fused-ring (bicyclic) bond motifs is 1. The molecule has 8 nitrogen and oxygen atoms in total. The third-order valence-electron chi connectivity index (χ3n) is 4.62. The van der Waals surface area contributed by atoms with E-state index in [1.54, 1.807) is 6.20 Å². The van der Waals surface area contributed by atoms with Crippen LogP contribution in [0.1, 0.15) is 24.1 Å². The van der Waals surface area contributed by atoms with Crippen LogP contribution in [0.4, 0.5) is 4.79 Å². The predicted octanol–water partition coefficient (Wildman–Crippen LogP) is 2.51. The number of carbonyl (C=O) groups is 1. The van der Waals surface area contributed by atoms with Crippen molar-refractivity contribution in [3.05, 3.63) is 53.9 Å². The summed E-state index contributed by atoms with van der Waals surface area (Å²) in [4.78, 5) is 18.6. The number of rotatable bonds is 5. The highest BCUT2D eigenvalue weighted by Crippen LogP contribution is 2.15. The number of ether oxygens (including phenoxy) is 1. The van der Waals surface area contributed by atoms with Gasteiger partial charge in [-0.2, -0.15) is 0 Å². The first-order valence-electron chi connectivity index (χ1n) is 9.03. The Morgan fingerprint density at radius 2 is 2.19 bits per heavy atom. The van der Waals surface area contributed by atoms with Crippen LogP contribution in [-0.2, 0) is 17.9 Å². The quantitative estimate of drug-likeness (QED) is 0.745. The number of piperidine rings is 1. The molecule has 0 saturated carbocycles. The van der Waals surface area contributed by atoms with Crippen LogP contribution in [0.2, 0.25) is 0 Å². The van der Waals surface area contributed by atoms with Crippen molar-refractivity contribution < 1.29 is 14.2 Å². The van der Waals surface area contributed by atoms with Crippen molar-refractivity contribution in [2.24, 2.45) is 0 Å². The lowest BCUT2D eigenvalue weighted by atomic mass is 10.1. The molecule has 2 aromatic heterocycles. The van der Waals surface area contributed by atoms with Crippen LogP contribution in [0, 0.1) is 0 Å². The van der Waals surface area contributed by atoms with Crippen LogP contribution < -0.4 is 5.32 Å². The number of hydrogen-bond acceptors (Lipinski definition) is 6. The predicted molar refractivity (Wildman–Crippen MR) is 97.7 cm³/mol. The molecule has 4 rings (SSSR count). The van der Waals surface area contributed by atoms with Crippen LogP contribution >= 0.6 is 0 Å². The van der Waals surface area contributed by atoms with E-state index in [9.17, 15) is 4.79 Å². The van der Waals surface area contributed by atoms with E-state index >= 15 is 0 Å². The summed E-state index contributed by atoms with van der Waals surface area (Å²) < 4.78 is 10.6. The van der Waals surface area contributed by atoms with Gasteiger partial charge in [-0.3, -0.25) is 4.98 Å². The molecule has 1 N–H and O–H groups in total. The highest BCUT2D eigenvalue weighted by Gasteiger charge is 2.24. The molecule has 1 fully saturated rings. The first-order valence-corrected chi connectivity index (χ1v) is 9.03. The second kappa shape index (κ2) is 8.13. The van der Waals surface area contributed by atoms with Crippen molar-refractivity contribution >= 4 is 17.1 Å². The SMILES string of the molecule is O=C(NCc1ccc2nonc2c1)N1CCCC(OCc2ccccn2)C1. The minimum Gasteiger partial charge on any atom is -0.370 e. The van der Waals surface area contributed by atoms with Crippen LogP contribution in [-0.4, -0.2) is 45.4 Å². The van der Waals surface area contributed by atoms with Crippen molar-refractivity contribution in [1.82, 2.24) is 25.5 Å². The van der Waals surface area contributed by atoms with Gasteiger partial charge < -0.3 is 15.0 Å². The van der Waals surface area contributed by atoms with E-state index in [2.05, 4.69) is 20.6 Å². The molecule has 2 amide bonds. The molecule has 1 saturated heterocycles. The molecular formula is C19H21N5O3. The highest BCUT2D eigenvalue weighted by atomic mass is 16.6. The zero-order valence-corrected chi connectivity index (χ0v) is 14.9. The van der Waals surface area contributed by atoms with Crippen molar-refractivity contribution in [1.29, 1.82) is 0 Å². The van der Waals surface area contributed by atoms with Crippen molar-refractivity contribution in [2.45, 2.75) is 32.1 Å². The second-order valence-electron chi connectivity index (χ2n) is 6.59. The van der Waals surface area contributed by atoms with Crippen molar-refractivity contribution in [3.63, 3.8) is 0 Å². The monoisotopic (exact) mass is 367 g/mol. The van der Waals surface area contributed by atoms with Crippen LogP contribution in [0.15, 0.2) is 47.2 Å². The van der Waals surface area contributed by atoms with Gasteiger partial charge in [0.25, 0.3) is 0 Å². The summed E-state index contributed by atoms with van der Waals surface area (Å²) in [5.41, 5.74) is 3.24. The Hall–Kier alpha value is -3.00. The molecule has 1 unspecified atom stereocenters. The summed E-state index contributed by atoms with van der Waals surface area (Å²) in [5, 5.41) is 10.6. The van der Waals surface area contributed by atoms with Gasteiger partial charge in [0.2, 0.25) is 0 Å². The fraction of sp³-hybridized carbons (Fsp3) is 0.368. The second-order valence-corrected chi connectivity index (χ2v) is 6.59. The van der Waals surface area contributed by atoms with E-state index in [1.165, 1.54) is 0 Å². The largest absolute Gasteiger partial charge is 0.370 e. The molecule has 0 aliphatic carbocycles. The molecule has 3 aromatic rings. The van der Waals surface area contributed by atoms with Gasteiger partial charge in [0.1, 0.15) is 11.0 Å². The van der Waals surface area contributed by atoms with E-state index in [0.717, 1.165) is 30.6 Å². The minimum atomic E-state index is -0.0838. The Morgan fingerprint density at radius 3 is 3.07 bits per heavy atom. The fourth-order valence-corrected chi connectivity index (χ4v) is 3.17. The Labute approximate surface area is 156 Å². The first kappa shape index (κ1) is 17.4. The third-order valence-corrected chi connectivity index (χ3v) is 4.62. The summed E-state index contributed by atoms with van der Waals surface area (Å²) in [6.07, 6.45) is 3.67. The van der Waals surface area contributed by atoms with Crippen molar-refractivity contribution in [2.75, 3.05) is 13.1 Å². The Bertz CT molecular complexity index is 899. The number of likely N-dealkylation sites (tertiary alicyclic amines) is 1. The maximum atomic E-state index is 12.5. The van der Waals surface area contributed by atoms with Gasteiger partial charge in [-0.1, -0.05) is 12.1 Å². The number of hydrogen-bond donors (Lipinski definition) is 1. The molecule has 27 heavy (non-hydrogen) atoms. The van der Waals surface area contributed by atoms with E-state index < -0.39 is 0 Å². The lowest BCUT2D eigenvalue weighted by Crippen LogP contribution is -2.47. The summed E-state index contributed by atoms with van der Waals surface area (Å²) >= 11 is 0. The Kier molecular flexibility index (Phi) is 5.24. The number of nitrogens with zero attached hydrogens (tertiary/aromatic N) is 4. The summed E-state index contributed by atoms with van der Waals surface area (Å²) in [6.45, 7) is 2.22. The van der Waals surface area contributed by atoms with Crippen LogP contribution in [0.25, 0.3) is 11.0 Å². The summed E-state index contributed by atoms with van der Waals surface area (Å²) in [5.74, 6) is 0. The molecule has 0 bridgehead atoms. The van der Waals surface area contributed by atoms with Gasteiger partial charge >= 0.3 is 6.03 Å². The van der Waals surface area contributed by atoms with Gasteiger partial charge in [-0.05, 0) is 53.0 Å². The van der Waals surface area contributed by atoms with Gasteiger partial charge in [-0.15, -0.1) is 0 Å². The number of benzene rings is 1. The Morgan fingerprint density at radius 1 is 1.26 bits per heavy atom. The van der Waals surface area contributed by atoms with E-state index in [0.29, 0.717) is 30.7 Å². The molecule has 1 aliphatic heterocycles. The van der Waals surface area contributed by atoms with Gasteiger partial charge in [-0.25, -0.2) is 9.42 Å². The van der Waals surface area contributed by atoms with Gasteiger partial charge in [0.15, 0.2) is 0 Å². The smallest absolute Gasteiger partial charge is 0.317 e. The van der Waals surface area contributed by atoms with Crippen LogP contribution in [0.5, 0.6) is 0 Å². The average molecular weight is 367 g/mol. The number of pyridine rings is 1. The van der Waals surface area contributed by atoms with Gasteiger partial charge in [0.05, 0.1) is 18.4 Å². The third kappa shape index (κ3) is 4.40. The first-order chi connectivity index (χ1) is 13.3. The molecule has 0 radical (unpaired) electrons. The normalized spacial score (nSPS) is 17.2. The molecule has 8 heteroatoms. The standard InChI is InChI=1S/C19H21N5O3/c25-19(21-11-14-6-7-17-18(10-14)23-27-22-17)24-9-3-5-16(12-24)26-13-15-4-1-2-8-20-15/h1-2,4,6-8,10,16H,3,5,9,11-13H2,(H,21,25). The molecule has 3 heterocycles. The number of aromatic nitrogens is 3. The molecule has 1 atom stereocenters. The average Bonchev–Trinajstić information content (AvgIpc) is 3.19. The van der Waals surface area contributed by atoms with Crippen molar-refractivity contribution in [3.8, 4) is 0 Å². The van der Waals surface area contributed by atoms with E-state index in [-0.39, 0.29) is 12.1 Å². The lowest BCUT2D eigenvalue weighted by molar-refractivity contribution is -0.00168. The van der Waals surface area contributed by atoms with Crippen LogP contribution in [0.3, 0.4) is 0 Å². The maximum Gasteiger partial charge on any atom is 0.317 e. The Balaban J connectivity index is 1.27. The highest BCUT2D eigenvalue weighted by molar-refractivity contribution is 5.75. The molecule has 140 valence electrons. The molecule has 1 aliphatic rings. The molecule has 1 aromatic carbocycles. The number of carbonyl (C=O) groups excluding carboxylic acids is 1. The number of nitrogens with one attached hydrogen (secondary N) is 1. The minimum absolute atomic E-state index is 0.0315. The zero-order chi connectivity index (χ0) is 18.5. The molecule has 0 spiro atoms. The summed E-state index contributed by atoms with van der Waals surface area (Å²) in [6, 6.07) is 11.3. The number of amides is 2. The fourth-order valence-electron chi connectivity index (χ4n) is 3.17.